The third-order valence-electron chi connectivity index (χ3n) is 3.56. The first-order valence-electron chi connectivity index (χ1n) is 6.63. The van der Waals surface area contributed by atoms with E-state index in [2.05, 4.69) is 38.3 Å². The van der Waals surface area contributed by atoms with E-state index in [9.17, 15) is 4.79 Å². The fourth-order valence-corrected chi connectivity index (χ4v) is 3.13. The van der Waals surface area contributed by atoms with Crippen molar-refractivity contribution in [2.45, 2.75) is 31.8 Å². The van der Waals surface area contributed by atoms with Gasteiger partial charge in [0.2, 0.25) is 5.91 Å². The molecule has 0 saturated carbocycles. The van der Waals surface area contributed by atoms with Crippen molar-refractivity contribution in [2.24, 2.45) is 5.73 Å². The van der Waals surface area contributed by atoms with Gasteiger partial charge in [-0.25, -0.2) is 0 Å². The lowest BCUT2D eigenvalue weighted by Gasteiger charge is -2.36. The lowest BCUT2D eigenvalue weighted by atomic mass is 10.00. The summed E-state index contributed by atoms with van der Waals surface area (Å²) in [5, 5.41) is 2.76. The Balaban J connectivity index is 2.31. The molecule has 1 aliphatic rings. The van der Waals surface area contributed by atoms with Crippen LogP contribution in [0, 0.1) is 0 Å². The second kappa shape index (κ2) is 6.39. The van der Waals surface area contributed by atoms with Crippen LogP contribution in [-0.4, -0.2) is 25.5 Å². The summed E-state index contributed by atoms with van der Waals surface area (Å²) in [5.74, 6) is 0.0916. The summed E-state index contributed by atoms with van der Waals surface area (Å²) in [6.45, 7) is 1.42. The van der Waals surface area contributed by atoms with Gasteiger partial charge in [0.1, 0.15) is 6.04 Å². The van der Waals surface area contributed by atoms with E-state index in [1.807, 2.05) is 6.07 Å². The minimum absolute atomic E-state index is 0.0707. The predicted octanol–water partition coefficient (Wildman–Crippen LogP) is 2.01. The van der Waals surface area contributed by atoms with Crippen molar-refractivity contribution < 1.29 is 4.79 Å². The Morgan fingerprint density at radius 3 is 2.95 bits per heavy atom. The standard InChI is InChI=1S/C14H20BrN3O/c1-17-14(19)13-4-2-3-5-18(13)12-7-10(9-16)6-11(15)8-12/h6-8,13H,2-5,9,16H2,1H3,(H,17,19). The Bertz CT molecular complexity index is 464. The molecule has 0 bridgehead atoms. The molecule has 1 fully saturated rings. The van der Waals surface area contributed by atoms with E-state index in [0.29, 0.717) is 6.54 Å². The molecule has 1 saturated heterocycles. The topological polar surface area (TPSA) is 58.4 Å². The molecule has 1 atom stereocenters. The SMILES string of the molecule is CNC(=O)C1CCCCN1c1cc(Br)cc(CN)c1. The summed E-state index contributed by atoms with van der Waals surface area (Å²) in [6.07, 6.45) is 3.13. The number of nitrogens with zero attached hydrogens (tertiary/aromatic N) is 1. The Hall–Kier alpha value is -1.07. The highest BCUT2D eigenvalue weighted by atomic mass is 79.9. The minimum atomic E-state index is -0.0707. The van der Waals surface area contributed by atoms with Gasteiger partial charge in [-0.2, -0.15) is 0 Å². The number of benzene rings is 1. The van der Waals surface area contributed by atoms with Gasteiger partial charge in [0, 0.05) is 30.3 Å². The van der Waals surface area contributed by atoms with E-state index < -0.39 is 0 Å². The van der Waals surface area contributed by atoms with E-state index in [1.165, 1.54) is 0 Å². The van der Waals surface area contributed by atoms with Gasteiger partial charge in [-0.15, -0.1) is 0 Å². The molecule has 0 spiro atoms. The average molecular weight is 326 g/mol. The van der Waals surface area contributed by atoms with Gasteiger partial charge >= 0.3 is 0 Å². The fourth-order valence-electron chi connectivity index (χ4n) is 2.60. The summed E-state index contributed by atoms with van der Waals surface area (Å²) < 4.78 is 1.01. The van der Waals surface area contributed by atoms with Crippen LogP contribution in [0.1, 0.15) is 24.8 Å². The van der Waals surface area contributed by atoms with Crippen LogP contribution in [0.4, 0.5) is 5.69 Å². The zero-order valence-corrected chi connectivity index (χ0v) is 12.7. The zero-order chi connectivity index (χ0) is 13.8. The molecule has 1 unspecified atom stereocenters. The van der Waals surface area contributed by atoms with Gasteiger partial charge in [0.15, 0.2) is 0 Å². The van der Waals surface area contributed by atoms with Crippen molar-refractivity contribution >= 4 is 27.5 Å². The number of nitrogens with one attached hydrogen (secondary N) is 1. The van der Waals surface area contributed by atoms with Gasteiger partial charge < -0.3 is 16.0 Å². The smallest absolute Gasteiger partial charge is 0.242 e. The molecule has 0 aromatic heterocycles. The Morgan fingerprint density at radius 2 is 2.26 bits per heavy atom. The van der Waals surface area contributed by atoms with Crippen molar-refractivity contribution in [3.63, 3.8) is 0 Å². The van der Waals surface area contributed by atoms with E-state index in [4.69, 9.17) is 5.73 Å². The Morgan fingerprint density at radius 1 is 1.47 bits per heavy atom. The molecule has 19 heavy (non-hydrogen) atoms. The number of halogens is 1. The number of likely N-dealkylation sites (N-methyl/N-ethyl adjacent to an activating group) is 1. The molecule has 4 nitrogen and oxygen atoms in total. The number of hydrogen-bond donors (Lipinski definition) is 2. The number of carbonyl (C=O) groups is 1. The van der Waals surface area contributed by atoms with Crippen molar-refractivity contribution in [2.75, 3.05) is 18.5 Å². The molecule has 2 rings (SSSR count). The van der Waals surface area contributed by atoms with Gasteiger partial charge in [-0.1, -0.05) is 15.9 Å². The van der Waals surface area contributed by atoms with Gasteiger partial charge in [-0.3, -0.25) is 4.79 Å². The van der Waals surface area contributed by atoms with Crippen molar-refractivity contribution in [3.05, 3.63) is 28.2 Å². The minimum Gasteiger partial charge on any atom is -0.359 e. The monoisotopic (exact) mass is 325 g/mol. The van der Waals surface area contributed by atoms with Gasteiger partial charge in [-0.05, 0) is 43.0 Å². The van der Waals surface area contributed by atoms with Gasteiger partial charge in [0.25, 0.3) is 0 Å². The van der Waals surface area contributed by atoms with Crippen LogP contribution in [-0.2, 0) is 11.3 Å². The molecule has 3 N–H and O–H groups in total. The molecule has 5 heteroatoms. The number of rotatable bonds is 3. The molecule has 1 aliphatic heterocycles. The lowest BCUT2D eigenvalue weighted by molar-refractivity contribution is -0.122. The quantitative estimate of drug-likeness (QED) is 0.893. The average Bonchev–Trinajstić information content (AvgIpc) is 2.45. The number of carbonyl (C=O) groups excluding carboxylic acids is 1. The summed E-state index contributed by atoms with van der Waals surface area (Å²) in [7, 11) is 1.70. The number of piperidine rings is 1. The fraction of sp³-hybridized carbons (Fsp3) is 0.500. The first-order valence-corrected chi connectivity index (χ1v) is 7.42. The molecular weight excluding hydrogens is 306 g/mol. The van der Waals surface area contributed by atoms with Gasteiger partial charge in [0.05, 0.1) is 0 Å². The van der Waals surface area contributed by atoms with Crippen molar-refractivity contribution in [3.8, 4) is 0 Å². The van der Waals surface area contributed by atoms with Crippen LogP contribution >= 0.6 is 15.9 Å². The largest absolute Gasteiger partial charge is 0.359 e. The number of anilines is 1. The third-order valence-corrected chi connectivity index (χ3v) is 4.02. The van der Waals surface area contributed by atoms with Crippen LogP contribution in [0.3, 0.4) is 0 Å². The normalized spacial score (nSPS) is 19.3. The molecule has 1 heterocycles. The van der Waals surface area contributed by atoms with Crippen LogP contribution in [0.5, 0.6) is 0 Å². The zero-order valence-electron chi connectivity index (χ0n) is 11.2. The number of nitrogens with two attached hydrogens (primary N) is 1. The second-order valence-electron chi connectivity index (χ2n) is 4.84. The van der Waals surface area contributed by atoms with Crippen LogP contribution in [0.25, 0.3) is 0 Å². The molecule has 1 aromatic carbocycles. The van der Waals surface area contributed by atoms with E-state index in [1.54, 1.807) is 7.05 Å². The Labute approximate surface area is 122 Å². The summed E-state index contributed by atoms with van der Waals surface area (Å²) in [5.41, 5.74) is 7.87. The maximum absolute atomic E-state index is 12.0. The molecular formula is C14H20BrN3O. The second-order valence-corrected chi connectivity index (χ2v) is 5.76. The highest BCUT2D eigenvalue weighted by Crippen LogP contribution is 2.28. The van der Waals surface area contributed by atoms with Crippen LogP contribution < -0.4 is 16.0 Å². The first-order chi connectivity index (χ1) is 9.15. The third kappa shape index (κ3) is 3.28. The van der Waals surface area contributed by atoms with Crippen molar-refractivity contribution in [1.82, 2.24) is 5.32 Å². The molecule has 1 amide bonds. The van der Waals surface area contributed by atoms with Crippen LogP contribution in [0.2, 0.25) is 0 Å². The van der Waals surface area contributed by atoms with E-state index in [-0.39, 0.29) is 11.9 Å². The van der Waals surface area contributed by atoms with E-state index >= 15 is 0 Å². The molecule has 1 aromatic rings. The molecule has 0 aliphatic carbocycles. The highest BCUT2D eigenvalue weighted by molar-refractivity contribution is 9.10. The van der Waals surface area contributed by atoms with Crippen molar-refractivity contribution in [1.29, 1.82) is 0 Å². The molecule has 0 radical (unpaired) electrons. The maximum atomic E-state index is 12.0. The predicted molar refractivity (Wildman–Crippen MR) is 81.1 cm³/mol. The lowest BCUT2D eigenvalue weighted by Crippen LogP contribution is -2.48. The Kier molecular flexibility index (Phi) is 4.82. The molecule has 104 valence electrons. The van der Waals surface area contributed by atoms with Crippen LogP contribution in [0.15, 0.2) is 22.7 Å². The summed E-state index contributed by atoms with van der Waals surface area (Å²) >= 11 is 3.51. The highest BCUT2D eigenvalue weighted by Gasteiger charge is 2.28. The number of hydrogen-bond acceptors (Lipinski definition) is 3. The number of amides is 1. The summed E-state index contributed by atoms with van der Waals surface area (Å²) in [6, 6.07) is 6.08. The maximum Gasteiger partial charge on any atom is 0.242 e. The summed E-state index contributed by atoms with van der Waals surface area (Å²) in [4.78, 5) is 14.2. The van der Waals surface area contributed by atoms with E-state index in [0.717, 1.165) is 41.5 Å². The first kappa shape index (κ1) is 14.3.